The van der Waals surface area contributed by atoms with Gasteiger partial charge in [0.1, 0.15) is 11.7 Å². The van der Waals surface area contributed by atoms with Crippen LogP contribution in [-0.2, 0) is 16.1 Å². The van der Waals surface area contributed by atoms with Crippen LogP contribution in [-0.4, -0.2) is 52.8 Å². The van der Waals surface area contributed by atoms with Gasteiger partial charge in [-0.1, -0.05) is 42.5 Å². The van der Waals surface area contributed by atoms with Crippen molar-refractivity contribution in [2.24, 2.45) is 0 Å². The first-order chi connectivity index (χ1) is 14.9. The zero-order valence-electron chi connectivity index (χ0n) is 17.9. The quantitative estimate of drug-likeness (QED) is 0.797. The molecular formula is C24H28N4O3. The number of rotatable bonds is 4. The van der Waals surface area contributed by atoms with Crippen LogP contribution in [0.3, 0.4) is 0 Å². The second kappa shape index (κ2) is 8.41. The molecule has 2 aromatic rings. The molecule has 2 unspecified atom stereocenters. The molecule has 1 spiro atoms. The third kappa shape index (κ3) is 4.26. The molecule has 0 radical (unpaired) electrons. The Labute approximate surface area is 182 Å². The largest absolute Gasteiger partial charge is 0.362 e. The molecule has 1 saturated heterocycles. The van der Waals surface area contributed by atoms with Crippen LogP contribution in [0.5, 0.6) is 0 Å². The summed E-state index contributed by atoms with van der Waals surface area (Å²) in [7, 11) is 1.76. The number of amides is 3. The zero-order chi connectivity index (χ0) is 22.0. The Balaban J connectivity index is 1.45. The molecule has 1 fully saturated rings. The normalized spacial score (nSPS) is 21.5. The van der Waals surface area contributed by atoms with Crippen LogP contribution >= 0.6 is 0 Å². The van der Waals surface area contributed by atoms with E-state index < -0.39 is 11.7 Å². The summed E-state index contributed by atoms with van der Waals surface area (Å²) in [6, 6.07) is 16.6. The molecule has 2 N–H and O–H groups in total. The SMILES string of the molecule is CC(C(=O)N(C)Cc1ccccc1)N1CCC2(CCC1=O)NC(=O)c1ccccc1N2. The van der Waals surface area contributed by atoms with Crippen LogP contribution < -0.4 is 10.6 Å². The average Bonchev–Trinajstić information content (AvgIpc) is 2.92. The van der Waals surface area contributed by atoms with Crippen molar-refractivity contribution in [1.82, 2.24) is 15.1 Å². The highest BCUT2D eigenvalue weighted by Gasteiger charge is 2.42. The van der Waals surface area contributed by atoms with Gasteiger partial charge in [0.15, 0.2) is 0 Å². The number of likely N-dealkylation sites (tertiary alicyclic amines) is 1. The molecule has 162 valence electrons. The molecule has 3 amide bonds. The van der Waals surface area contributed by atoms with Crippen molar-refractivity contribution in [3.8, 4) is 0 Å². The lowest BCUT2D eigenvalue weighted by Crippen LogP contribution is -2.58. The summed E-state index contributed by atoms with van der Waals surface area (Å²) in [5.41, 5.74) is 1.74. The molecule has 2 heterocycles. The number of hydrogen-bond donors (Lipinski definition) is 2. The number of benzene rings is 2. The highest BCUT2D eigenvalue weighted by molar-refractivity contribution is 6.02. The lowest BCUT2D eigenvalue weighted by Gasteiger charge is -2.40. The van der Waals surface area contributed by atoms with E-state index in [0.29, 0.717) is 31.5 Å². The topological polar surface area (TPSA) is 81.8 Å². The molecule has 2 aliphatic heterocycles. The van der Waals surface area contributed by atoms with Gasteiger partial charge in [-0.25, -0.2) is 0 Å². The fourth-order valence-electron chi connectivity index (χ4n) is 4.44. The van der Waals surface area contributed by atoms with Gasteiger partial charge < -0.3 is 20.4 Å². The average molecular weight is 421 g/mol. The second-order valence-electron chi connectivity index (χ2n) is 8.40. The summed E-state index contributed by atoms with van der Waals surface area (Å²) in [6.07, 6.45) is 1.26. The summed E-state index contributed by atoms with van der Waals surface area (Å²) in [6.45, 7) is 2.66. The standard InChI is InChI=1S/C24H28N4O3/c1-17(23(31)27(2)16-18-8-4-3-5-9-18)28-15-14-24(13-12-21(28)29)25-20-11-7-6-10-19(20)22(30)26-24/h3-11,17,25H,12-16H2,1-2H3,(H,26,30). The molecule has 0 aliphatic carbocycles. The fraction of sp³-hybridized carbons (Fsp3) is 0.375. The van der Waals surface area contributed by atoms with Gasteiger partial charge >= 0.3 is 0 Å². The van der Waals surface area contributed by atoms with Gasteiger partial charge in [-0.3, -0.25) is 14.4 Å². The number of nitrogens with one attached hydrogen (secondary N) is 2. The maximum atomic E-state index is 13.0. The summed E-state index contributed by atoms with van der Waals surface area (Å²) in [5, 5.41) is 6.51. The van der Waals surface area contributed by atoms with Crippen molar-refractivity contribution in [3.63, 3.8) is 0 Å². The molecule has 7 nitrogen and oxygen atoms in total. The van der Waals surface area contributed by atoms with Crippen LogP contribution in [0.4, 0.5) is 5.69 Å². The first kappa shape index (κ1) is 20.9. The summed E-state index contributed by atoms with van der Waals surface area (Å²) >= 11 is 0. The molecule has 2 aromatic carbocycles. The van der Waals surface area contributed by atoms with E-state index in [2.05, 4.69) is 10.6 Å². The van der Waals surface area contributed by atoms with Crippen LogP contribution in [0.15, 0.2) is 54.6 Å². The number of fused-ring (bicyclic) bond motifs is 1. The Kier molecular flexibility index (Phi) is 5.67. The van der Waals surface area contributed by atoms with E-state index in [-0.39, 0.29) is 24.1 Å². The van der Waals surface area contributed by atoms with E-state index in [0.717, 1.165) is 11.3 Å². The van der Waals surface area contributed by atoms with Gasteiger partial charge in [-0.15, -0.1) is 0 Å². The number of carbonyl (C=O) groups excluding carboxylic acids is 3. The van der Waals surface area contributed by atoms with Crippen molar-refractivity contribution in [2.75, 3.05) is 18.9 Å². The maximum Gasteiger partial charge on any atom is 0.255 e. The van der Waals surface area contributed by atoms with Crippen molar-refractivity contribution in [1.29, 1.82) is 0 Å². The molecule has 2 atom stereocenters. The van der Waals surface area contributed by atoms with E-state index in [1.807, 2.05) is 48.5 Å². The number of hydrogen-bond acceptors (Lipinski definition) is 4. The molecule has 0 aromatic heterocycles. The van der Waals surface area contributed by atoms with Crippen LogP contribution in [0, 0.1) is 0 Å². The Bertz CT molecular complexity index is 993. The Morgan fingerprint density at radius 2 is 1.77 bits per heavy atom. The monoisotopic (exact) mass is 420 g/mol. The third-order valence-electron chi connectivity index (χ3n) is 6.23. The van der Waals surface area contributed by atoms with Gasteiger partial charge in [0.2, 0.25) is 11.8 Å². The minimum absolute atomic E-state index is 0.0688. The highest BCUT2D eigenvalue weighted by atomic mass is 16.2. The van der Waals surface area contributed by atoms with E-state index >= 15 is 0 Å². The van der Waals surface area contributed by atoms with E-state index in [1.165, 1.54) is 0 Å². The lowest BCUT2D eigenvalue weighted by molar-refractivity contribution is -0.144. The van der Waals surface area contributed by atoms with Crippen LogP contribution in [0.2, 0.25) is 0 Å². The number of likely N-dealkylation sites (N-methyl/N-ethyl adjacent to an activating group) is 1. The van der Waals surface area contributed by atoms with Gasteiger partial charge in [-0.2, -0.15) is 0 Å². The van der Waals surface area contributed by atoms with Gasteiger partial charge in [0, 0.05) is 38.7 Å². The van der Waals surface area contributed by atoms with Gasteiger partial charge in [0.05, 0.1) is 5.56 Å². The molecule has 7 heteroatoms. The number of carbonyl (C=O) groups is 3. The minimum atomic E-state index is -0.686. The minimum Gasteiger partial charge on any atom is -0.362 e. The van der Waals surface area contributed by atoms with Crippen LogP contribution in [0.25, 0.3) is 0 Å². The Morgan fingerprint density at radius 1 is 1.06 bits per heavy atom. The molecule has 4 rings (SSSR count). The van der Waals surface area contributed by atoms with Crippen molar-refractivity contribution in [2.45, 2.75) is 44.4 Å². The number of para-hydroxylation sites is 1. The summed E-state index contributed by atoms with van der Waals surface area (Å²) in [4.78, 5) is 41.9. The first-order valence-electron chi connectivity index (χ1n) is 10.7. The number of anilines is 1. The smallest absolute Gasteiger partial charge is 0.255 e. The van der Waals surface area contributed by atoms with E-state index in [4.69, 9.17) is 0 Å². The summed E-state index contributed by atoms with van der Waals surface area (Å²) in [5.74, 6) is -0.304. The van der Waals surface area contributed by atoms with E-state index in [1.54, 1.807) is 29.8 Å². The molecule has 0 saturated carbocycles. The fourth-order valence-corrected chi connectivity index (χ4v) is 4.44. The zero-order valence-corrected chi connectivity index (χ0v) is 17.9. The predicted molar refractivity (Wildman–Crippen MR) is 118 cm³/mol. The first-order valence-corrected chi connectivity index (χ1v) is 10.7. The predicted octanol–water partition coefficient (Wildman–Crippen LogP) is 2.60. The lowest BCUT2D eigenvalue weighted by atomic mass is 9.95. The molecule has 0 bridgehead atoms. The van der Waals surface area contributed by atoms with Crippen molar-refractivity contribution < 1.29 is 14.4 Å². The van der Waals surface area contributed by atoms with Gasteiger partial charge in [0.25, 0.3) is 5.91 Å². The molecule has 31 heavy (non-hydrogen) atoms. The Morgan fingerprint density at radius 3 is 2.55 bits per heavy atom. The third-order valence-corrected chi connectivity index (χ3v) is 6.23. The van der Waals surface area contributed by atoms with Crippen LogP contribution in [0.1, 0.15) is 42.1 Å². The van der Waals surface area contributed by atoms with Gasteiger partial charge in [-0.05, 0) is 31.0 Å². The second-order valence-corrected chi connectivity index (χ2v) is 8.40. The number of nitrogens with zero attached hydrogens (tertiary/aromatic N) is 2. The molecular weight excluding hydrogens is 392 g/mol. The summed E-state index contributed by atoms with van der Waals surface area (Å²) < 4.78 is 0. The maximum absolute atomic E-state index is 13.0. The van der Waals surface area contributed by atoms with Crippen molar-refractivity contribution >= 4 is 23.4 Å². The molecule has 2 aliphatic rings. The van der Waals surface area contributed by atoms with Crippen molar-refractivity contribution in [3.05, 3.63) is 65.7 Å². The van der Waals surface area contributed by atoms with E-state index in [9.17, 15) is 14.4 Å². The highest BCUT2D eigenvalue weighted by Crippen LogP contribution is 2.32. The Hall–Kier alpha value is -3.35.